The first-order chi connectivity index (χ1) is 11.7. The molecular formula is C20H22N2OS. The largest absolute Gasteiger partial charge is 0.390 e. The van der Waals surface area contributed by atoms with Crippen LogP contribution in [0, 0.1) is 13.8 Å². The molecule has 0 radical (unpaired) electrons. The fraction of sp³-hybridized carbons (Fsp3) is 0.250. The highest BCUT2D eigenvalue weighted by Crippen LogP contribution is 2.25. The fourth-order valence-electron chi connectivity index (χ4n) is 2.59. The van der Waals surface area contributed by atoms with E-state index in [1.165, 1.54) is 22.3 Å². The summed E-state index contributed by atoms with van der Waals surface area (Å²) in [6.07, 6.45) is 1.77. The summed E-state index contributed by atoms with van der Waals surface area (Å²) in [6, 6.07) is 16.9. The second-order valence-electron chi connectivity index (χ2n) is 5.98. The quantitative estimate of drug-likeness (QED) is 0.680. The molecule has 0 saturated heterocycles. The van der Waals surface area contributed by atoms with Crippen LogP contribution in [-0.4, -0.2) is 14.7 Å². The van der Waals surface area contributed by atoms with Crippen molar-refractivity contribution in [3.8, 4) is 0 Å². The van der Waals surface area contributed by atoms with Crippen molar-refractivity contribution in [3.63, 3.8) is 0 Å². The Balaban J connectivity index is 1.79. The van der Waals surface area contributed by atoms with E-state index in [4.69, 9.17) is 0 Å². The SMILES string of the molecule is Cc1ccc(Cn2c(CO)cnc2SCc2ccccc2C)cc1. The number of hydrogen-bond acceptors (Lipinski definition) is 3. The van der Waals surface area contributed by atoms with E-state index in [1.807, 2.05) is 0 Å². The topological polar surface area (TPSA) is 38.0 Å². The second kappa shape index (κ2) is 7.69. The molecule has 0 aliphatic carbocycles. The molecule has 0 fully saturated rings. The zero-order valence-electron chi connectivity index (χ0n) is 14.1. The average Bonchev–Trinajstić information content (AvgIpc) is 2.98. The normalized spacial score (nSPS) is 11.0. The maximum absolute atomic E-state index is 9.61. The van der Waals surface area contributed by atoms with Crippen LogP contribution in [0.15, 0.2) is 59.9 Å². The van der Waals surface area contributed by atoms with E-state index >= 15 is 0 Å². The maximum Gasteiger partial charge on any atom is 0.168 e. The first kappa shape index (κ1) is 16.8. The fourth-order valence-corrected chi connectivity index (χ4v) is 3.67. The highest BCUT2D eigenvalue weighted by molar-refractivity contribution is 7.98. The minimum atomic E-state index is 0.00376. The number of aryl methyl sites for hydroxylation is 2. The number of aliphatic hydroxyl groups excluding tert-OH is 1. The van der Waals surface area contributed by atoms with Crippen LogP contribution < -0.4 is 0 Å². The van der Waals surface area contributed by atoms with Crippen molar-refractivity contribution in [3.05, 3.63) is 82.7 Å². The lowest BCUT2D eigenvalue weighted by atomic mass is 10.1. The van der Waals surface area contributed by atoms with Gasteiger partial charge in [-0.3, -0.25) is 0 Å². The van der Waals surface area contributed by atoms with E-state index < -0.39 is 0 Å². The lowest BCUT2D eigenvalue weighted by molar-refractivity contribution is 0.270. The standard InChI is InChI=1S/C20H22N2OS/c1-15-7-9-17(10-8-15)12-22-19(13-23)11-21-20(22)24-14-18-6-4-3-5-16(18)2/h3-11,23H,12-14H2,1-2H3. The van der Waals surface area contributed by atoms with Crippen LogP contribution >= 0.6 is 11.8 Å². The third kappa shape index (κ3) is 3.89. The van der Waals surface area contributed by atoms with E-state index in [0.717, 1.165) is 23.1 Å². The van der Waals surface area contributed by atoms with E-state index in [2.05, 4.69) is 71.9 Å². The van der Waals surface area contributed by atoms with Crippen LogP contribution in [0.4, 0.5) is 0 Å². The van der Waals surface area contributed by atoms with E-state index in [0.29, 0.717) is 0 Å². The summed E-state index contributed by atoms with van der Waals surface area (Å²) in [4.78, 5) is 4.51. The Bertz CT molecular complexity index is 809. The maximum atomic E-state index is 9.61. The summed E-state index contributed by atoms with van der Waals surface area (Å²) in [5.74, 6) is 0.877. The van der Waals surface area contributed by atoms with Gasteiger partial charge in [0.15, 0.2) is 5.16 Å². The molecule has 0 aliphatic heterocycles. The average molecular weight is 338 g/mol. The third-order valence-corrected chi connectivity index (χ3v) is 5.18. The van der Waals surface area contributed by atoms with Gasteiger partial charge in [0.05, 0.1) is 18.5 Å². The van der Waals surface area contributed by atoms with Gasteiger partial charge in [-0.05, 0) is 30.5 Å². The van der Waals surface area contributed by atoms with Crippen molar-refractivity contribution in [1.29, 1.82) is 0 Å². The summed E-state index contributed by atoms with van der Waals surface area (Å²) in [7, 11) is 0. The van der Waals surface area contributed by atoms with Crippen LogP contribution in [0.5, 0.6) is 0 Å². The Morgan fingerprint density at radius 1 is 1.04 bits per heavy atom. The van der Waals surface area contributed by atoms with Crippen LogP contribution in [0.2, 0.25) is 0 Å². The van der Waals surface area contributed by atoms with Crippen LogP contribution in [0.25, 0.3) is 0 Å². The van der Waals surface area contributed by atoms with E-state index in [-0.39, 0.29) is 6.61 Å². The van der Waals surface area contributed by atoms with Crippen LogP contribution in [0.1, 0.15) is 27.9 Å². The second-order valence-corrected chi connectivity index (χ2v) is 6.92. The molecule has 0 amide bonds. The predicted molar refractivity (Wildman–Crippen MR) is 99.2 cm³/mol. The molecule has 124 valence electrons. The molecule has 2 aromatic carbocycles. The molecule has 24 heavy (non-hydrogen) atoms. The molecule has 3 aromatic rings. The number of aliphatic hydroxyl groups is 1. The third-order valence-electron chi connectivity index (χ3n) is 4.14. The van der Waals surface area contributed by atoms with E-state index in [9.17, 15) is 5.11 Å². The minimum Gasteiger partial charge on any atom is -0.390 e. The smallest absolute Gasteiger partial charge is 0.168 e. The Morgan fingerprint density at radius 3 is 2.50 bits per heavy atom. The molecule has 0 bridgehead atoms. The van der Waals surface area contributed by atoms with Gasteiger partial charge in [-0.2, -0.15) is 0 Å². The number of thioether (sulfide) groups is 1. The Hall–Kier alpha value is -2.04. The van der Waals surface area contributed by atoms with Gasteiger partial charge in [0.1, 0.15) is 0 Å². The Labute approximate surface area is 147 Å². The Morgan fingerprint density at radius 2 is 1.79 bits per heavy atom. The molecule has 3 nitrogen and oxygen atoms in total. The zero-order valence-corrected chi connectivity index (χ0v) is 14.9. The lowest BCUT2D eigenvalue weighted by Crippen LogP contribution is -2.06. The minimum absolute atomic E-state index is 0.00376. The zero-order chi connectivity index (χ0) is 16.9. The summed E-state index contributed by atoms with van der Waals surface area (Å²) < 4.78 is 2.10. The van der Waals surface area contributed by atoms with Crippen molar-refractivity contribution >= 4 is 11.8 Å². The monoisotopic (exact) mass is 338 g/mol. The number of hydrogen-bond donors (Lipinski definition) is 1. The molecule has 0 aliphatic rings. The molecule has 4 heteroatoms. The highest BCUT2D eigenvalue weighted by atomic mass is 32.2. The van der Waals surface area contributed by atoms with Gasteiger partial charge in [-0.25, -0.2) is 4.98 Å². The van der Waals surface area contributed by atoms with Crippen molar-refractivity contribution in [2.24, 2.45) is 0 Å². The number of imidazole rings is 1. The number of nitrogens with zero attached hydrogens (tertiary/aromatic N) is 2. The van der Waals surface area contributed by atoms with Gasteiger partial charge in [0, 0.05) is 12.3 Å². The molecule has 1 aromatic heterocycles. The van der Waals surface area contributed by atoms with Crippen LogP contribution in [0.3, 0.4) is 0 Å². The first-order valence-corrected chi connectivity index (χ1v) is 9.04. The molecular weight excluding hydrogens is 316 g/mol. The van der Waals surface area contributed by atoms with Crippen molar-refractivity contribution < 1.29 is 5.11 Å². The Kier molecular flexibility index (Phi) is 5.38. The summed E-state index contributed by atoms with van der Waals surface area (Å²) >= 11 is 1.71. The highest BCUT2D eigenvalue weighted by Gasteiger charge is 2.11. The van der Waals surface area contributed by atoms with Gasteiger partial charge >= 0.3 is 0 Å². The van der Waals surface area contributed by atoms with Crippen LogP contribution in [-0.2, 0) is 18.9 Å². The molecule has 0 unspecified atom stereocenters. The van der Waals surface area contributed by atoms with Gasteiger partial charge < -0.3 is 9.67 Å². The summed E-state index contributed by atoms with van der Waals surface area (Å²) in [6.45, 7) is 4.95. The first-order valence-electron chi connectivity index (χ1n) is 8.05. The molecule has 1 N–H and O–H groups in total. The molecule has 1 heterocycles. The van der Waals surface area contributed by atoms with Gasteiger partial charge in [0.25, 0.3) is 0 Å². The van der Waals surface area contributed by atoms with Gasteiger partial charge in [-0.1, -0.05) is 65.9 Å². The number of aromatic nitrogens is 2. The summed E-state index contributed by atoms with van der Waals surface area (Å²) in [5.41, 5.74) is 5.93. The number of rotatable bonds is 6. The van der Waals surface area contributed by atoms with Crippen molar-refractivity contribution in [1.82, 2.24) is 9.55 Å². The summed E-state index contributed by atoms with van der Waals surface area (Å²) in [5, 5.41) is 10.6. The lowest BCUT2D eigenvalue weighted by Gasteiger charge is -2.12. The predicted octanol–water partition coefficient (Wildman–Crippen LogP) is 4.33. The van der Waals surface area contributed by atoms with Crippen molar-refractivity contribution in [2.75, 3.05) is 0 Å². The number of benzene rings is 2. The van der Waals surface area contributed by atoms with Gasteiger partial charge in [-0.15, -0.1) is 0 Å². The molecule has 0 spiro atoms. The molecule has 0 saturated carbocycles. The molecule has 0 atom stereocenters. The van der Waals surface area contributed by atoms with Gasteiger partial charge in [0.2, 0.25) is 0 Å². The van der Waals surface area contributed by atoms with Crippen molar-refractivity contribution in [2.45, 2.75) is 37.9 Å². The molecule has 3 rings (SSSR count). The van der Waals surface area contributed by atoms with E-state index in [1.54, 1.807) is 18.0 Å².